The van der Waals surface area contributed by atoms with Crippen molar-refractivity contribution < 1.29 is 9.53 Å². The maximum absolute atomic E-state index is 11.9. The number of anilines is 1. The molecule has 1 aliphatic heterocycles. The Bertz CT molecular complexity index is 440. The largest absolute Gasteiger partial charge is 0.380 e. The van der Waals surface area contributed by atoms with E-state index >= 15 is 0 Å². The number of amides is 1. The summed E-state index contributed by atoms with van der Waals surface area (Å²) < 4.78 is 5.46. The van der Waals surface area contributed by atoms with Gasteiger partial charge in [-0.25, -0.2) is 0 Å². The average molecular weight is 262 g/mol. The van der Waals surface area contributed by atoms with E-state index in [9.17, 15) is 4.79 Å². The fourth-order valence-electron chi connectivity index (χ4n) is 2.30. The van der Waals surface area contributed by atoms with Crippen LogP contribution in [0.1, 0.15) is 25.3 Å². The first-order valence-electron chi connectivity index (χ1n) is 6.77. The molecule has 1 amide bonds. The Morgan fingerprint density at radius 2 is 2.32 bits per heavy atom. The molecule has 1 aromatic rings. The van der Waals surface area contributed by atoms with Crippen LogP contribution in [0.4, 0.5) is 5.69 Å². The molecule has 1 heterocycles. The van der Waals surface area contributed by atoms with E-state index in [-0.39, 0.29) is 11.4 Å². The first-order valence-corrected chi connectivity index (χ1v) is 6.77. The SMILES string of the molecule is Cc1cccc(NC(=O)CNC2(C)CCCOC2)c1. The third-order valence-electron chi connectivity index (χ3n) is 3.42. The molecule has 1 aromatic carbocycles. The van der Waals surface area contributed by atoms with Crippen LogP contribution < -0.4 is 10.6 Å². The second-order valence-corrected chi connectivity index (χ2v) is 5.49. The standard InChI is InChI=1S/C15H22N2O2/c1-12-5-3-6-13(9-12)17-14(18)10-16-15(2)7-4-8-19-11-15/h3,5-6,9,16H,4,7-8,10-11H2,1-2H3,(H,17,18). The van der Waals surface area contributed by atoms with Gasteiger partial charge in [0.05, 0.1) is 13.2 Å². The minimum absolute atomic E-state index is 0.0163. The molecule has 4 heteroatoms. The van der Waals surface area contributed by atoms with Gasteiger partial charge in [0, 0.05) is 17.8 Å². The number of carbonyl (C=O) groups excluding carboxylic acids is 1. The van der Waals surface area contributed by atoms with Crippen LogP contribution in [0.3, 0.4) is 0 Å². The zero-order chi connectivity index (χ0) is 13.7. The Kier molecular flexibility index (Phi) is 4.56. The van der Waals surface area contributed by atoms with E-state index in [0.29, 0.717) is 13.2 Å². The molecule has 104 valence electrons. The van der Waals surface area contributed by atoms with E-state index in [1.165, 1.54) is 0 Å². The summed E-state index contributed by atoms with van der Waals surface area (Å²) in [7, 11) is 0. The zero-order valence-corrected chi connectivity index (χ0v) is 11.7. The van der Waals surface area contributed by atoms with Gasteiger partial charge in [0.1, 0.15) is 0 Å². The fourth-order valence-corrected chi connectivity index (χ4v) is 2.30. The molecule has 1 aliphatic rings. The van der Waals surface area contributed by atoms with E-state index in [4.69, 9.17) is 4.74 Å². The Morgan fingerprint density at radius 3 is 3.00 bits per heavy atom. The van der Waals surface area contributed by atoms with Crippen molar-refractivity contribution in [1.82, 2.24) is 5.32 Å². The number of carbonyl (C=O) groups is 1. The van der Waals surface area contributed by atoms with E-state index < -0.39 is 0 Å². The van der Waals surface area contributed by atoms with E-state index in [0.717, 1.165) is 30.7 Å². The Balaban J connectivity index is 1.81. The second kappa shape index (κ2) is 6.17. The molecule has 1 atom stereocenters. The van der Waals surface area contributed by atoms with Crippen LogP contribution in [-0.2, 0) is 9.53 Å². The second-order valence-electron chi connectivity index (χ2n) is 5.49. The maximum atomic E-state index is 11.9. The Hall–Kier alpha value is -1.39. The van der Waals surface area contributed by atoms with Gasteiger partial charge in [0.25, 0.3) is 0 Å². The molecule has 0 radical (unpaired) electrons. The molecule has 0 aliphatic carbocycles. The third-order valence-corrected chi connectivity index (χ3v) is 3.42. The van der Waals surface area contributed by atoms with Crippen molar-refractivity contribution in [2.45, 2.75) is 32.2 Å². The lowest BCUT2D eigenvalue weighted by Gasteiger charge is -2.34. The number of hydrogen-bond donors (Lipinski definition) is 2. The maximum Gasteiger partial charge on any atom is 0.238 e. The molecule has 0 aromatic heterocycles. The summed E-state index contributed by atoms with van der Waals surface area (Å²) in [6.45, 7) is 5.92. The molecule has 0 spiro atoms. The lowest BCUT2D eigenvalue weighted by Crippen LogP contribution is -2.51. The van der Waals surface area contributed by atoms with E-state index in [1.54, 1.807) is 0 Å². The van der Waals surface area contributed by atoms with Gasteiger partial charge in [-0.2, -0.15) is 0 Å². The van der Waals surface area contributed by atoms with Gasteiger partial charge in [-0.05, 0) is 44.4 Å². The molecule has 1 unspecified atom stereocenters. The highest BCUT2D eigenvalue weighted by Gasteiger charge is 2.27. The predicted molar refractivity (Wildman–Crippen MR) is 76.3 cm³/mol. The number of benzene rings is 1. The summed E-state index contributed by atoms with van der Waals surface area (Å²) in [5.41, 5.74) is 1.90. The van der Waals surface area contributed by atoms with Crippen molar-refractivity contribution >= 4 is 11.6 Å². The monoisotopic (exact) mass is 262 g/mol. The highest BCUT2D eigenvalue weighted by molar-refractivity contribution is 5.92. The molecule has 2 rings (SSSR count). The number of aryl methyl sites for hydroxylation is 1. The molecule has 0 saturated carbocycles. The van der Waals surface area contributed by atoms with E-state index in [1.807, 2.05) is 31.2 Å². The van der Waals surface area contributed by atoms with Gasteiger partial charge >= 0.3 is 0 Å². The van der Waals surface area contributed by atoms with Crippen molar-refractivity contribution in [1.29, 1.82) is 0 Å². The molecule has 1 fully saturated rings. The van der Waals surface area contributed by atoms with Crippen LogP contribution in [0.25, 0.3) is 0 Å². The van der Waals surface area contributed by atoms with Gasteiger partial charge in [0.2, 0.25) is 5.91 Å². The summed E-state index contributed by atoms with van der Waals surface area (Å²) in [4.78, 5) is 11.9. The van der Waals surface area contributed by atoms with Gasteiger partial charge in [0.15, 0.2) is 0 Å². The van der Waals surface area contributed by atoms with Gasteiger partial charge in [-0.3, -0.25) is 4.79 Å². The highest BCUT2D eigenvalue weighted by Crippen LogP contribution is 2.18. The lowest BCUT2D eigenvalue weighted by molar-refractivity contribution is -0.116. The molecule has 19 heavy (non-hydrogen) atoms. The molecule has 1 saturated heterocycles. The number of nitrogens with one attached hydrogen (secondary N) is 2. The van der Waals surface area contributed by atoms with Crippen molar-refractivity contribution in [2.24, 2.45) is 0 Å². The minimum Gasteiger partial charge on any atom is -0.380 e. The Morgan fingerprint density at radius 1 is 1.47 bits per heavy atom. The topological polar surface area (TPSA) is 50.4 Å². The van der Waals surface area contributed by atoms with Crippen LogP contribution in [0.2, 0.25) is 0 Å². The van der Waals surface area contributed by atoms with Gasteiger partial charge in [-0.1, -0.05) is 12.1 Å². The highest BCUT2D eigenvalue weighted by atomic mass is 16.5. The van der Waals surface area contributed by atoms with Crippen molar-refractivity contribution in [2.75, 3.05) is 25.1 Å². The summed E-state index contributed by atoms with van der Waals surface area (Å²) in [6.07, 6.45) is 2.09. The van der Waals surface area contributed by atoms with Crippen LogP contribution in [0.15, 0.2) is 24.3 Å². The van der Waals surface area contributed by atoms with Gasteiger partial charge in [-0.15, -0.1) is 0 Å². The summed E-state index contributed by atoms with van der Waals surface area (Å²) in [5.74, 6) is -0.0163. The quantitative estimate of drug-likeness (QED) is 0.873. The van der Waals surface area contributed by atoms with Crippen LogP contribution in [-0.4, -0.2) is 31.2 Å². The summed E-state index contributed by atoms with van der Waals surface area (Å²) >= 11 is 0. The number of ether oxygens (including phenoxy) is 1. The summed E-state index contributed by atoms with van der Waals surface area (Å²) in [5, 5.41) is 6.19. The number of rotatable bonds is 4. The minimum atomic E-state index is -0.0812. The fraction of sp³-hybridized carbons (Fsp3) is 0.533. The van der Waals surface area contributed by atoms with Crippen molar-refractivity contribution in [3.05, 3.63) is 29.8 Å². The van der Waals surface area contributed by atoms with E-state index in [2.05, 4.69) is 17.6 Å². The Labute approximate surface area is 114 Å². The summed E-state index contributed by atoms with van der Waals surface area (Å²) in [6, 6.07) is 7.81. The zero-order valence-electron chi connectivity index (χ0n) is 11.7. The first-order chi connectivity index (χ1) is 9.07. The lowest BCUT2D eigenvalue weighted by atomic mass is 9.95. The van der Waals surface area contributed by atoms with Crippen molar-refractivity contribution in [3.8, 4) is 0 Å². The van der Waals surface area contributed by atoms with Crippen LogP contribution in [0.5, 0.6) is 0 Å². The first kappa shape index (κ1) is 14.0. The normalized spacial score (nSPS) is 23.1. The van der Waals surface area contributed by atoms with Gasteiger partial charge < -0.3 is 15.4 Å². The molecule has 2 N–H and O–H groups in total. The molecule has 4 nitrogen and oxygen atoms in total. The molecular formula is C15H22N2O2. The molecular weight excluding hydrogens is 240 g/mol. The van der Waals surface area contributed by atoms with Crippen LogP contribution >= 0.6 is 0 Å². The molecule has 0 bridgehead atoms. The average Bonchev–Trinajstić information content (AvgIpc) is 2.38. The third kappa shape index (κ3) is 4.33. The van der Waals surface area contributed by atoms with Crippen molar-refractivity contribution in [3.63, 3.8) is 0 Å². The predicted octanol–water partition coefficient (Wildman–Crippen LogP) is 2.09. The van der Waals surface area contributed by atoms with Crippen LogP contribution in [0, 0.1) is 6.92 Å². The smallest absolute Gasteiger partial charge is 0.238 e. The number of hydrogen-bond acceptors (Lipinski definition) is 3.